The van der Waals surface area contributed by atoms with E-state index in [0.29, 0.717) is 5.92 Å². The van der Waals surface area contributed by atoms with Crippen molar-refractivity contribution in [3.8, 4) is 11.5 Å². The highest BCUT2D eigenvalue weighted by Crippen LogP contribution is 2.22. The lowest BCUT2D eigenvalue weighted by atomic mass is 9.96. The summed E-state index contributed by atoms with van der Waals surface area (Å²) < 4.78 is 5.82. The smallest absolute Gasteiger partial charge is 0.146 e. The number of hydrogen-bond acceptors (Lipinski definition) is 3. The monoisotopic (exact) mass is 294 g/mol. The van der Waals surface area contributed by atoms with Crippen LogP contribution in [0.25, 0.3) is 6.08 Å². The van der Waals surface area contributed by atoms with Crippen LogP contribution in [0.5, 0.6) is 11.5 Å². The lowest BCUT2D eigenvalue weighted by molar-refractivity contribution is 0.244. The van der Waals surface area contributed by atoms with E-state index in [1.807, 2.05) is 42.6 Å². The van der Waals surface area contributed by atoms with E-state index >= 15 is 0 Å². The molecule has 2 heterocycles. The molecule has 0 bridgehead atoms. The average Bonchev–Trinajstić information content (AvgIpc) is 2.56. The first kappa shape index (κ1) is 14.8. The molecule has 0 amide bonds. The molecule has 1 fully saturated rings. The van der Waals surface area contributed by atoms with E-state index in [9.17, 15) is 0 Å². The van der Waals surface area contributed by atoms with E-state index in [1.54, 1.807) is 6.20 Å². The molecule has 1 aromatic heterocycles. The summed E-state index contributed by atoms with van der Waals surface area (Å²) in [6.07, 6.45) is 10.6. The lowest BCUT2D eigenvalue weighted by Crippen LogP contribution is -2.29. The zero-order valence-electron chi connectivity index (χ0n) is 13.0. The molecule has 0 spiro atoms. The molecular formula is C19H22N2O. The highest BCUT2D eigenvalue weighted by atomic mass is 16.5. The largest absolute Gasteiger partial charge is 0.456 e. The zero-order valence-corrected chi connectivity index (χ0v) is 13.0. The maximum atomic E-state index is 5.82. The van der Waals surface area contributed by atoms with Crippen LogP contribution in [0.15, 0.2) is 54.9 Å². The summed E-state index contributed by atoms with van der Waals surface area (Å²) in [7, 11) is 2.19. The number of nitrogens with zero attached hydrogens (tertiary/aromatic N) is 2. The molecule has 1 aromatic carbocycles. The van der Waals surface area contributed by atoms with E-state index in [-0.39, 0.29) is 0 Å². The zero-order chi connectivity index (χ0) is 15.2. The number of benzene rings is 1. The van der Waals surface area contributed by atoms with E-state index in [0.717, 1.165) is 17.1 Å². The third kappa shape index (κ3) is 4.18. The first-order chi connectivity index (χ1) is 10.8. The Kier molecular flexibility index (Phi) is 4.86. The molecule has 2 aromatic rings. The SMILES string of the molecule is CN1CCC(C=Cc2cncc(Oc3ccccc3)c2)CC1. The maximum Gasteiger partial charge on any atom is 0.146 e. The van der Waals surface area contributed by atoms with Crippen LogP contribution in [0.4, 0.5) is 0 Å². The normalized spacial score (nSPS) is 17.0. The van der Waals surface area contributed by atoms with Gasteiger partial charge >= 0.3 is 0 Å². The van der Waals surface area contributed by atoms with Crippen LogP contribution < -0.4 is 4.74 Å². The van der Waals surface area contributed by atoms with Crippen molar-refractivity contribution in [1.29, 1.82) is 0 Å². The molecule has 0 aliphatic carbocycles. The quantitative estimate of drug-likeness (QED) is 0.844. The van der Waals surface area contributed by atoms with Crippen LogP contribution >= 0.6 is 0 Å². The van der Waals surface area contributed by atoms with E-state index in [4.69, 9.17) is 4.74 Å². The Morgan fingerprint density at radius 3 is 2.64 bits per heavy atom. The van der Waals surface area contributed by atoms with Crippen LogP contribution in [0.2, 0.25) is 0 Å². The number of pyridine rings is 1. The molecule has 0 atom stereocenters. The van der Waals surface area contributed by atoms with Crippen molar-refractivity contribution in [2.24, 2.45) is 5.92 Å². The summed E-state index contributed by atoms with van der Waals surface area (Å²) in [5.74, 6) is 2.28. The number of para-hydroxylation sites is 1. The number of aromatic nitrogens is 1. The summed E-state index contributed by atoms with van der Waals surface area (Å²) in [5.41, 5.74) is 1.09. The second-order valence-corrected chi connectivity index (χ2v) is 5.87. The molecule has 1 aliphatic rings. The van der Waals surface area contributed by atoms with E-state index < -0.39 is 0 Å². The van der Waals surface area contributed by atoms with Crippen LogP contribution in [-0.4, -0.2) is 30.0 Å². The molecule has 114 valence electrons. The van der Waals surface area contributed by atoms with Crippen molar-refractivity contribution in [1.82, 2.24) is 9.88 Å². The first-order valence-electron chi connectivity index (χ1n) is 7.84. The molecular weight excluding hydrogens is 272 g/mol. The average molecular weight is 294 g/mol. The standard InChI is InChI=1S/C19H22N2O/c1-21-11-9-16(10-12-21)7-8-17-13-19(15-20-14-17)22-18-5-3-2-4-6-18/h2-8,13-16H,9-12H2,1H3. The topological polar surface area (TPSA) is 25.4 Å². The Morgan fingerprint density at radius 2 is 1.86 bits per heavy atom. The number of hydrogen-bond donors (Lipinski definition) is 0. The first-order valence-corrected chi connectivity index (χ1v) is 7.84. The molecule has 0 saturated carbocycles. The lowest BCUT2D eigenvalue weighted by Gasteiger charge is -2.26. The third-order valence-corrected chi connectivity index (χ3v) is 4.04. The van der Waals surface area contributed by atoms with Crippen molar-refractivity contribution in [3.63, 3.8) is 0 Å². The van der Waals surface area contributed by atoms with Gasteiger partial charge < -0.3 is 9.64 Å². The van der Waals surface area contributed by atoms with Gasteiger partial charge in [0.05, 0.1) is 6.20 Å². The summed E-state index contributed by atoms with van der Waals surface area (Å²) >= 11 is 0. The molecule has 0 radical (unpaired) electrons. The Bertz CT molecular complexity index is 616. The molecule has 0 N–H and O–H groups in total. The van der Waals surface area contributed by atoms with Gasteiger partial charge in [0, 0.05) is 6.20 Å². The Hall–Kier alpha value is -2.13. The number of ether oxygens (including phenoxy) is 1. The molecule has 0 unspecified atom stereocenters. The fourth-order valence-electron chi connectivity index (χ4n) is 2.68. The van der Waals surface area contributed by atoms with Gasteiger partial charge in [0.2, 0.25) is 0 Å². The highest BCUT2D eigenvalue weighted by Gasteiger charge is 2.13. The van der Waals surface area contributed by atoms with E-state index in [1.165, 1.54) is 25.9 Å². The van der Waals surface area contributed by atoms with Gasteiger partial charge in [-0.05, 0) is 62.7 Å². The predicted octanol–water partition coefficient (Wildman–Crippen LogP) is 4.23. The molecule has 3 heteroatoms. The fraction of sp³-hybridized carbons (Fsp3) is 0.316. The Morgan fingerprint density at radius 1 is 1.09 bits per heavy atom. The number of rotatable bonds is 4. The van der Waals surface area contributed by atoms with Gasteiger partial charge in [0.25, 0.3) is 0 Å². The molecule has 3 nitrogen and oxygen atoms in total. The highest BCUT2D eigenvalue weighted by molar-refractivity contribution is 5.50. The second kappa shape index (κ2) is 7.23. The van der Waals surface area contributed by atoms with Gasteiger partial charge in [-0.2, -0.15) is 0 Å². The van der Waals surface area contributed by atoms with Crippen LogP contribution in [0.3, 0.4) is 0 Å². The van der Waals surface area contributed by atoms with Gasteiger partial charge in [-0.25, -0.2) is 0 Å². The predicted molar refractivity (Wildman–Crippen MR) is 90.0 cm³/mol. The molecule has 22 heavy (non-hydrogen) atoms. The summed E-state index contributed by atoms with van der Waals surface area (Å²) in [4.78, 5) is 6.66. The third-order valence-electron chi connectivity index (χ3n) is 4.04. The minimum Gasteiger partial charge on any atom is -0.456 e. The van der Waals surface area contributed by atoms with Gasteiger partial charge in [0.1, 0.15) is 11.5 Å². The fourth-order valence-corrected chi connectivity index (χ4v) is 2.68. The molecule has 3 rings (SSSR count). The maximum absolute atomic E-state index is 5.82. The van der Waals surface area contributed by atoms with Crippen LogP contribution in [0.1, 0.15) is 18.4 Å². The number of likely N-dealkylation sites (tertiary alicyclic amines) is 1. The number of allylic oxidation sites excluding steroid dienone is 1. The van der Waals surface area contributed by atoms with Crippen molar-refractivity contribution in [3.05, 3.63) is 60.4 Å². The van der Waals surface area contributed by atoms with Gasteiger partial charge in [0.15, 0.2) is 0 Å². The summed E-state index contributed by atoms with van der Waals surface area (Å²) in [6, 6.07) is 11.8. The number of piperidine rings is 1. The molecule has 1 saturated heterocycles. The second-order valence-electron chi connectivity index (χ2n) is 5.87. The minimum absolute atomic E-state index is 0.676. The summed E-state index contributed by atoms with van der Waals surface area (Å²) in [5, 5.41) is 0. The van der Waals surface area contributed by atoms with Crippen molar-refractivity contribution >= 4 is 6.08 Å². The summed E-state index contributed by atoms with van der Waals surface area (Å²) in [6.45, 7) is 2.37. The van der Waals surface area contributed by atoms with Crippen molar-refractivity contribution < 1.29 is 4.74 Å². The van der Waals surface area contributed by atoms with Crippen molar-refractivity contribution in [2.45, 2.75) is 12.8 Å². The van der Waals surface area contributed by atoms with Gasteiger partial charge in [-0.1, -0.05) is 30.4 Å². The van der Waals surface area contributed by atoms with Gasteiger partial charge in [-0.3, -0.25) is 4.98 Å². The van der Waals surface area contributed by atoms with Crippen LogP contribution in [0, 0.1) is 5.92 Å². The van der Waals surface area contributed by atoms with Gasteiger partial charge in [-0.15, -0.1) is 0 Å². The minimum atomic E-state index is 0.676. The van der Waals surface area contributed by atoms with E-state index in [2.05, 4.69) is 29.1 Å². The van der Waals surface area contributed by atoms with Crippen LogP contribution in [-0.2, 0) is 0 Å². The Balaban J connectivity index is 1.64. The molecule has 1 aliphatic heterocycles. The Labute approximate surface area is 132 Å². The van der Waals surface area contributed by atoms with Crippen molar-refractivity contribution in [2.75, 3.05) is 20.1 Å².